The molecule has 1 spiro atoms. The van der Waals surface area contributed by atoms with E-state index in [1.807, 2.05) is 25.1 Å². The number of hydrogen-bond donors (Lipinski definition) is 2. The summed E-state index contributed by atoms with van der Waals surface area (Å²) in [6, 6.07) is 7.65. The SMILES string of the molecule is C[C@H]1CCCC[C@]12NC(=O)N(CC(=O)N[C@@H]1CCCc3ccccc31)C2=O. The van der Waals surface area contributed by atoms with Crippen molar-refractivity contribution in [3.05, 3.63) is 35.4 Å². The second kappa shape index (κ2) is 6.98. The summed E-state index contributed by atoms with van der Waals surface area (Å²) in [6.07, 6.45) is 6.51. The molecular weight excluding hydrogens is 342 g/mol. The number of nitrogens with one attached hydrogen (secondary N) is 2. The molecule has 2 fully saturated rings. The van der Waals surface area contributed by atoms with Crippen LogP contribution in [0.3, 0.4) is 0 Å². The van der Waals surface area contributed by atoms with E-state index >= 15 is 0 Å². The van der Waals surface area contributed by atoms with Crippen LogP contribution in [0.4, 0.5) is 4.79 Å². The first-order valence-electron chi connectivity index (χ1n) is 10.0. The van der Waals surface area contributed by atoms with Crippen molar-refractivity contribution in [1.29, 1.82) is 0 Å². The number of carbonyl (C=O) groups excluding carboxylic acids is 3. The van der Waals surface area contributed by atoms with E-state index in [0.717, 1.165) is 49.0 Å². The van der Waals surface area contributed by atoms with Crippen molar-refractivity contribution in [3.8, 4) is 0 Å². The van der Waals surface area contributed by atoms with Crippen molar-refractivity contribution in [1.82, 2.24) is 15.5 Å². The maximum absolute atomic E-state index is 13.0. The number of urea groups is 1. The molecule has 3 aliphatic rings. The molecule has 1 saturated heterocycles. The van der Waals surface area contributed by atoms with Gasteiger partial charge in [0.15, 0.2) is 0 Å². The summed E-state index contributed by atoms with van der Waals surface area (Å²) in [5, 5.41) is 5.93. The Bertz CT molecular complexity index is 778. The van der Waals surface area contributed by atoms with Crippen molar-refractivity contribution in [3.63, 3.8) is 0 Å². The molecule has 0 bridgehead atoms. The summed E-state index contributed by atoms with van der Waals surface area (Å²) < 4.78 is 0. The van der Waals surface area contributed by atoms with E-state index in [1.54, 1.807) is 0 Å². The third-order valence-corrected chi connectivity index (χ3v) is 6.51. The maximum Gasteiger partial charge on any atom is 0.325 e. The largest absolute Gasteiger partial charge is 0.348 e. The van der Waals surface area contributed by atoms with Gasteiger partial charge in [-0.05, 0) is 49.1 Å². The number of carbonyl (C=O) groups is 3. The van der Waals surface area contributed by atoms with Gasteiger partial charge in [-0.25, -0.2) is 4.79 Å². The number of fused-ring (bicyclic) bond motifs is 1. The van der Waals surface area contributed by atoms with Gasteiger partial charge < -0.3 is 10.6 Å². The van der Waals surface area contributed by atoms with Gasteiger partial charge in [0.1, 0.15) is 12.1 Å². The van der Waals surface area contributed by atoms with Gasteiger partial charge in [-0.1, -0.05) is 44.0 Å². The first-order chi connectivity index (χ1) is 13.0. The topological polar surface area (TPSA) is 78.5 Å². The third kappa shape index (κ3) is 3.11. The standard InChI is InChI=1S/C21H27N3O3/c1-14-7-4-5-12-21(14)19(26)24(20(27)23-21)13-18(25)22-17-11-6-9-15-8-2-3-10-16(15)17/h2-3,8,10,14,17H,4-7,9,11-13H2,1H3,(H,22,25)(H,23,27)/t14-,17+,21-/m0/s1. The van der Waals surface area contributed by atoms with E-state index < -0.39 is 11.6 Å². The molecule has 2 aliphatic carbocycles. The Labute approximate surface area is 159 Å². The summed E-state index contributed by atoms with van der Waals surface area (Å²) in [5.41, 5.74) is 1.60. The minimum Gasteiger partial charge on any atom is -0.348 e. The molecule has 4 rings (SSSR count). The Kier molecular flexibility index (Phi) is 4.66. The molecule has 0 aromatic heterocycles. The second-order valence-corrected chi connectivity index (χ2v) is 8.15. The summed E-state index contributed by atoms with van der Waals surface area (Å²) in [6.45, 7) is 1.80. The lowest BCUT2D eigenvalue weighted by Gasteiger charge is -2.36. The quantitative estimate of drug-likeness (QED) is 0.804. The molecule has 27 heavy (non-hydrogen) atoms. The van der Waals surface area contributed by atoms with Crippen molar-refractivity contribution in [2.75, 3.05) is 6.54 Å². The Morgan fingerprint density at radius 1 is 1.22 bits per heavy atom. The van der Waals surface area contributed by atoms with Crippen LogP contribution in [-0.2, 0) is 16.0 Å². The Balaban J connectivity index is 1.44. The molecule has 1 aliphatic heterocycles. The average Bonchev–Trinajstić information content (AvgIpc) is 2.89. The van der Waals surface area contributed by atoms with Crippen LogP contribution in [0.15, 0.2) is 24.3 Å². The zero-order valence-corrected chi connectivity index (χ0v) is 15.8. The highest BCUT2D eigenvalue weighted by atomic mass is 16.2. The van der Waals surface area contributed by atoms with Crippen LogP contribution in [0.2, 0.25) is 0 Å². The number of nitrogens with zero attached hydrogens (tertiary/aromatic N) is 1. The van der Waals surface area contributed by atoms with E-state index in [9.17, 15) is 14.4 Å². The normalized spacial score (nSPS) is 30.2. The maximum atomic E-state index is 13.0. The van der Waals surface area contributed by atoms with Gasteiger partial charge in [-0.15, -0.1) is 0 Å². The zero-order valence-electron chi connectivity index (χ0n) is 15.8. The fraction of sp³-hybridized carbons (Fsp3) is 0.571. The van der Waals surface area contributed by atoms with E-state index in [0.29, 0.717) is 6.42 Å². The lowest BCUT2D eigenvalue weighted by atomic mass is 9.73. The number of amides is 4. The predicted molar refractivity (Wildman–Crippen MR) is 101 cm³/mol. The van der Waals surface area contributed by atoms with Crippen LogP contribution in [0.5, 0.6) is 0 Å². The summed E-state index contributed by atoms with van der Waals surface area (Å²) in [7, 11) is 0. The van der Waals surface area contributed by atoms with Crippen LogP contribution in [-0.4, -0.2) is 34.8 Å². The molecule has 6 nitrogen and oxygen atoms in total. The molecule has 1 saturated carbocycles. The molecule has 0 unspecified atom stereocenters. The average molecular weight is 369 g/mol. The molecule has 1 aromatic rings. The second-order valence-electron chi connectivity index (χ2n) is 8.15. The van der Waals surface area contributed by atoms with Gasteiger partial charge in [0.05, 0.1) is 6.04 Å². The number of benzene rings is 1. The Hall–Kier alpha value is -2.37. The fourth-order valence-corrected chi connectivity index (χ4v) is 4.93. The molecule has 2 N–H and O–H groups in total. The lowest BCUT2D eigenvalue weighted by molar-refractivity contribution is -0.137. The van der Waals surface area contributed by atoms with Gasteiger partial charge in [0, 0.05) is 0 Å². The first kappa shape index (κ1) is 18.0. The number of rotatable bonds is 3. The first-order valence-corrected chi connectivity index (χ1v) is 10.0. The van der Waals surface area contributed by atoms with Crippen molar-refractivity contribution in [2.45, 2.75) is 63.5 Å². The highest BCUT2D eigenvalue weighted by molar-refractivity contribution is 6.09. The lowest BCUT2D eigenvalue weighted by Crippen LogP contribution is -2.54. The Morgan fingerprint density at radius 3 is 2.85 bits per heavy atom. The summed E-state index contributed by atoms with van der Waals surface area (Å²) in [5.74, 6) is -0.416. The van der Waals surface area contributed by atoms with Crippen LogP contribution >= 0.6 is 0 Å². The zero-order chi connectivity index (χ0) is 19.0. The van der Waals surface area contributed by atoms with Gasteiger partial charge in [-0.3, -0.25) is 14.5 Å². The van der Waals surface area contributed by atoms with E-state index in [2.05, 4.69) is 16.7 Å². The molecule has 1 heterocycles. The van der Waals surface area contributed by atoms with Crippen molar-refractivity contribution in [2.24, 2.45) is 5.92 Å². The number of imide groups is 1. The molecular formula is C21H27N3O3. The van der Waals surface area contributed by atoms with Crippen LogP contribution in [0.25, 0.3) is 0 Å². The molecule has 1 aromatic carbocycles. The number of aryl methyl sites for hydroxylation is 1. The van der Waals surface area contributed by atoms with Crippen LogP contribution < -0.4 is 10.6 Å². The molecule has 3 atom stereocenters. The minimum absolute atomic E-state index is 0.0502. The van der Waals surface area contributed by atoms with E-state index in [-0.39, 0.29) is 30.3 Å². The highest BCUT2D eigenvalue weighted by Gasteiger charge is 2.55. The summed E-state index contributed by atoms with van der Waals surface area (Å²) >= 11 is 0. The van der Waals surface area contributed by atoms with Gasteiger partial charge in [0.2, 0.25) is 5.91 Å². The van der Waals surface area contributed by atoms with Crippen LogP contribution in [0.1, 0.15) is 62.6 Å². The molecule has 6 heteroatoms. The Morgan fingerprint density at radius 2 is 2.04 bits per heavy atom. The minimum atomic E-state index is -0.812. The van der Waals surface area contributed by atoms with Gasteiger partial charge in [0.25, 0.3) is 5.91 Å². The summed E-state index contributed by atoms with van der Waals surface area (Å²) in [4.78, 5) is 39.2. The van der Waals surface area contributed by atoms with Crippen molar-refractivity contribution >= 4 is 17.8 Å². The molecule has 0 radical (unpaired) electrons. The van der Waals surface area contributed by atoms with Crippen LogP contribution in [0, 0.1) is 5.92 Å². The van der Waals surface area contributed by atoms with E-state index in [1.165, 1.54) is 5.56 Å². The number of hydrogen-bond acceptors (Lipinski definition) is 3. The third-order valence-electron chi connectivity index (χ3n) is 6.51. The fourth-order valence-electron chi connectivity index (χ4n) is 4.93. The monoisotopic (exact) mass is 369 g/mol. The van der Waals surface area contributed by atoms with Gasteiger partial charge >= 0.3 is 6.03 Å². The molecule has 144 valence electrons. The highest BCUT2D eigenvalue weighted by Crippen LogP contribution is 2.38. The predicted octanol–water partition coefficient (Wildman–Crippen LogP) is 2.68. The van der Waals surface area contributed by atoms with E-state index in [4.69, 9.17) is 0 Å². The molecule has 4 amide bonds. The smallest absolute Gasteiger partial charge is 0.325 e. The van der Waals surface area contributed by atoms with Gasteiger partial charge in [-0.2, -0.15) is 0 Å². The van der Waals surface area contributed by atoms with Crippen molar-refractivity contribution < 1.29 is 14.4 Å².